The second kappa shape index (κ2) is 17.3. The predicted molar refractivity (Wildman–Crippen MR) is 303 cm³/mol. The van der Waals surface area contributed by atoms with E-state index in [-0.39, 0.29) is 5.92 Å². The maximum Gasteiger partial charge on any atom is 0.0547 e. The van der Waals surface area contributed by atoms with Gasteiger partial charge in [-0.1, -0.05) is 212 Å². The average Bonchev–Trinajstić information content (AvgIpc) is 3.75. The van der Waals surface area contributed by atoms with Crippen LogP contribution in [0.15, 0.2) is 249 Å². The molecule has 0 aliphatic heterocycles. The number of hydrogen-bond donors (Lipinski definition) is 0. The molecule has 71 heavy (non-hydrogen) atoms. The van der Waals surface area contributed by atoms with Gasteiger partial charge < -0.3 is 4.57 Å². The highest BCUT2D eigenvalue weighted by molar-refractivity contribution is 6.28. The molecule has 1 aromatic heterocycles. The molecule has 0 unspecified atom stereocenters. The zero-order chi connectivity index (χ0) is 47.6. The summed E-state index contributed by atoms with van der Waals surface area (Å²) in [5.74, 6) is -0.0888. The minimum atomic E-state index is -0.0888. The van der Waals surface area contributed by atoms with Crippen molar-refractivity contribution in [1.29, 1.82) is 0 Å². The monoisotopic (exact) mass is 905 g/mol. The van der Waals surface area contributed by atoms with Crippen LogP contribution in [0.25, 0.3) is 104 Å². The second-order valence-electron chi connectivity index (χ2n) is 19.3. The lowest BCUT2D eigenvalue weighted by molar-refractivity contribution is 0.983. The molecule has 1 nitrogen and oxygen atoms in total. The summed E-state index contributed by atoms with van der Waals surface area (Å²) >= 11 is 0. The normalized spacial score (nSPS) is 11.7. The molecule has 0 N–H and O–H groups in total. The van der Waals surface area contributed by atoms with Gasteiger partial charge in [0.2, 0.25) is 0 Å². The van der Waals surface area contributed by atoms with Crippen LogP contribution < -0.4 is 0 Å². The van der Waals surface area contributed by atoms with Crippen molar-refractivity contribution in [3.63, 3.8) is 0 Å². The third-order valence-corrected chi connectivity index (χ3v) is 15.2. The number of para-hydroxylation sites is 1. The molecule has 0 aliphatic carbocycles. The summed E-state index contributed by atoms with van der Waals surface area (Å²) < 4.78 is 2.46. The third-order valence-electron chi connectivity index (χ3n) is 15.2. The number of rotatable bonds is 8. The van der Waals surface area contributed by atoms with E-state index in [1.807, 2.05) is 0 Å². The molecule has 0 spiro atoms. The molecule has 13 rings (SSSR count). The van der Waals surface area contributed by atoms with Crippen molar-refractivity contribution in [3.05, 3.63) is 282 Å². The number of benzene rings is 12. The maximum atomic E-state index is 2.46. The van der Waals surface area contributed by atoms with Crippen molar-refractivity contribution in [2.75, 3.05) is 0 Å². The highest BCUT2D eigenvalue weighted by atomic mass is 15.0. The van der Waals surface area contributed by atoms with Gasteiger partial charge in [-0.25, -0.2) is 0 Å². The van der Waals surface area contributed by atoms with Gasteiger partial charge in [0.15, 0.2) is 0 Å². The van der Waals surface area contributed by atoms with Gasteiger partial charge >= 0.3 is 0 Å². The lowest BCUT2D eigenvalue weighted by Gasteiger charge is -2.28. The van der Waals surface area contributed by atoms with Crippen molar-refractivity contribution >= 4 is 54.1 Å². The first kappa shape index (κ1) is 42.3. The largest absolute Gasteiger partial charge is 0.309 e. The standard InChI is InChI=1S/C70H51N/c1-45-20-4-7-23-51(45)54-26-14-16-33-61(54)70(62-34-17-15-27-55(62)52-24-8-5-21-46(52)2)63-41-38-49(42-64(63)53-25-9-6-22-47(53)3)48-36-39-50(40-37-48)71-68-35-19-18-32-60(68)67-43-65-58-30-12-10-28-56(58)57-29-11-13-31-59(57)66(65)44-69(67)71/h4-44,70H,1-3H3. The number of aryl methyl sites for hydroxylation is 3. The fourth-order valence-electron chi connectivity index (χ4n) is 11.8. The smallest absolute Gasteiger partial charge is 0.0547 e. The number of fused-ring (bicyclic) bond motifs is 9. The Morgan fingerprint density at radius 3 is 1.18 bits per heavy atom. The summed E-state index contributed by atoms with van der Waals surface area (Å²) in [5.41, 5.74) is 21.0. The van der Waals surface area contributed by atoms with Gasteiger partial charge in [0.25, 0.3) is 0 Å². The van der Waals surface area contributed by atoms with Crippen LogP contribution in [0.4, 0.5) is 0 Å². The summed E-state index contributed by atoms with van der Waals surface area (Å²) in [6, 6.07) is 92.6. The van der Waals surface area contributed by atoms with E-state index in [0.717, 1.165) is 5.69 Å². The summed E-state index contributed by atoms with van der Waals surface area (Å²) in [6.07, 6.45) is 0. The number of nitrogens with zero attached hydrogens (tertiary/aromatic N) is 1. The number of aromatic nitrogens is 1. The second-order valence-corrected chi connectivity index (χ2v) is 19.3. The molecule has 13 aromatic rings. The van der Waals surface area contributed by atoms with Crippen molar-refractivity contribution in [1.82, 2.24) is 4.57 Å². The Labute approximate surface area is 415 Å². The molecule has 0 radical (unpaired) electrons. The van der Waals surface area contributed by atoms with Gasteiger partial charge in [-0.05, 0) is 167 Å². The van der Waals surface area contributed by atoms with E-state index in [1.54, 1.807) is 0 Å². The van der Waals surface area contributed by atoms with Crippen LogP contribution in [0.1, 0.15) is 39.3 Å². The molecule has 0 bridgehead atoms. The molecular weight excluding hydrogens is 855 g/mol. The van der Waals surface area contributed by atoms with Crippen LogP contribution in [-0.2, 0) is 0 Å². The first-order valence-corrected chi connectivity index (χ1v) is 24.9. The first-order valence-electron chi connectivity index (χ1n) is 24.9. The lowest BCUT2D eigenvalue weighted by atomic mass is 9.75. The Bertz CT molecular complexity index is 4120. The topological polar surface area (TPSA) is 4.93 Å². The van der Waals surface area contributed by atoms with Crippen LogP contribution in [-0.4, -0.2) is 4.57 Å². The van der Waals surface area contributed by atoms with Gasteiger partial charge in [-0.3, -0.25) is 0 Å². The van der Waals surface area contributed by atoms with Gasteiger partial charge in [0.05, 0.1) is 11.0 Å². The van der Waals surface area contributed by atoms with Crippen molar-refractivity contribution < 1.29 is 0 Å². The molecule has 0 saturated carbocycles. The Hall–Kier alpha value is -8.78. The molecule has 0 fully saturated rings. The molecule has 0 saturated heterocycles. The van der Waals surface area contributed by atoms with Crippen LogP contribution in [0.5, 0.6) is 0 Å². The van der Waals surface area contributed by atoms with E-state index in [0.29, 0.717) is 0 Å². The lowest BCUT2D eigenvalue weighted by Crippen LogP contribution is -2.09. The van der Waals surface area contributed by atoms with Gasteiger partial charge in [0, 0.05) is 22.4 Å². The van der Waals surface area contributed by atoms with E-state index in [2.05, 4.69) is 274 Å². The Kier molecular flexibility index (Phi) is 10.3. The summed E-state index contributed by atoms with van der Waals surface area (Å²) in [7, 11) is 0. The zero-order valence-electron chi connectivity index (χ0n) is 40.2. The third kappa shape index (κ3) is 7.07. The number of hydrogen-bond acceptors (Lipinski definition) is 0. The Balaban J connectivity index is 1.00. The van der Waals surface area contributed by atoms with E-state index >= 15 is 0 Å². The summed E-state index contributed by atoms with van der Waals surface area (Å²) in [4.78, 5) is 0. The van der Waals surface area contributed by atoms with Gasteiger partial charge in [0.1, 0.15) is 0 Å². The molecule has 0 amide bonds. The van der Waals surface area contributed by atoms with E-state index in [4.69, 9.17) is 0 Å². The van der Waals surface area contributed by atoms with Crippen molar-refractivity contribution in [2.45, 2.75) is 26.7 Å². The summed E-state index contributed by atoms with van der Waals surface area (Å²) in [6.45, 7) is 6.71. The van der Waals surface area contributed by atoms with Gasteiger partial charge in [-0.2, -0.15) is 0 Å². The Morgan fingerprint density at radius 2 is 0.648 bits per heavy atom. The minimum absolute atomic E-state index is 0.0888. The van der Waals surface area contributed by atoms with Gasteiger partial charge in [-0.15, -0.1) is 0 Å². The van der Waals surface area contributed by atoms with Crippen LogP contribution in [0.2, 0.25) is 0 Å². The molecule has 0 aliphatic rings. The molecule has 12 aromatic carbocycles. The first-order chi connectivity index (χ1) is 35.0. The highest BCUT2D eigenvalue weighted by Crippen LogP contribution is 2.48. The quantitative estimate of drug-likeness (QED) is 0.106. The summed E-state index contributed by atoms with van der Waals surface area (Å²) in [5, 5.41) is 10.2. The van der Waals surface area contributed by atoms with Crippen LogP contribution >= 0.6 is 0 Å². The SMILES string of the molecule is Cc1ccccc1-c1ccccc1C(c1ccccc1-c1ccccc1C)c1ccc(-c2ccc(-n3c4ccccc4c4cc5c6ccccc6c6ccccc6c5cc43)cc2)cc1-c1ccccc1C. The van der Waals surface area contributed by atoms with E-state index < -0.39 is 0 Å². The van der Waals surface area contributed by atoms with Crippen molar-refractivity contribution in [3.8, 4) is 50.2 Å². The van der Waals surface area contributed by atoms with Crippen LogP contribution in [0, 0.1) is 20.8 Å². The molecule has 0 atom stereocenters. The Morgan fingerprint density at radius 1 is 0.254 bits per heavy atom. The average molecular weight is 906 g/mol. The van der Waals surface area contributed by atoms with Crippen LogP contribution in [0.3, 0.4) is 0 Å². The zero-order valence-corrected chi connectivity index (χ0v) is 40.2. The minimum Gasteiger partial charge on any atom is -0.309 e. The molecule has 336 valence electrons. The molecule has 1 heterocycles. The van der Waals surface area contributed by atoms with E-state index in [9.17, 15) is 0 Å². The maximum absolute atomic E-state index is 2.46. The highest BCUT2D eigenvalue weighted by Gasteiger charge is 2.28. The fourth-order valence-corrected chi connectivity index (χ4v) is 11.8. The molecular formula is C70H51N. The van der Waals surface area contributed by atoms with Crippen molar-refractivity contribution in [2.24, 2.45) is 0 Å². The predicted octanol–water partition coefficient (Wildman–Crippen LogP) is 19.0. The molecule has 1 heteroatoms. The fraction of sp³-hybridized carbons (Fsp3) is 0.0571. The van der Waals surface area contributed by atoms with E-state index in [1.165, 1.54) is 132 Å².